The van der Waals surface area contributed by atoms with E-state index in [1.165, 1.54) is 0 Å². The largest absolute Gasteiger partial charge is 0.481 e. The zero-order chi connectivity index (χ0) is 13.8. The van der Waals surface area contributed by atoms with E-state index >= 15 is 0 Å². The predicted octanol–water partition coefficient (Wildman–Crippen LogP) is 2.62. The number of nitrogens with one attached hydrogen (secondary N) is 1. The Morgan fingerprint density at radius 2 is 1.89 bits per heavy atom. The Balaban J connectivity index is 1.92. The minimum Gasteiger partial charge on any atom is -0.481 e. The van der Waals surface area contributed by atoms with Gasteiger partial charge in [-0.05, 0) is 47.6 Å². The molecule has 1 aromatic carbocycles. The van der Waals surface area contributed by atoms with Crippen LogP contribution in [0.1, 0.15) is 12.8 Å². The average molecular weight is 374 g/mol. The smallest absolute Gasteiger partial charge is 0.321 e. The minimum absolute atomic E-state index is 0.159. The van der Waals surface area contributed by atoms with Gasteiger partial charge in [-0.25, -0.2) is 4.79 Å². The summed E-state index contributed by atoms with van der Waals surface area (Å²) in [4.78, 5) is 24.6. The van der Waals surface area contributed by atoms with Crippen molar-refractivity contribution in [2.45, 2.75) is 12.8 Å². The van der Waals surface area contributed by atoms with Gasteiger partial charge < -0.3 is 15.3 Å². The van der Waals surface area contributed by atoms with Gasteiger partial charge >= 0.3 is 12.0 Å². The summed E-state index contributed by atoms with van der Waals surface area (Å²) in [6.07, 6.45) is 1.04. The molecule has 0 atom stereocenters. The third kappa shape index (κ3) is 3.59. The molecular weight excluding hydrogens is 359 g/mol. The Morgan fingerprint density at radius 3 is 2.47 bits per heavy atom. The number of halogens is 1. The van der Waals surface area contributed by atoms with E-state index in [9.17, 15) is 9.59 Å². The number of aliphatic carboxylic acids is 1. The van der Waals surface area contributed by atoms with Crippen LogP contribution in [0, 0.1) is 9.49 Å². The first-order chi connectivity index (χ1) is 9.08. The molecule has 0 aliphatic carbocycles. The number of carbonyl (C=O) groups excluding carboxylic acids is 1. The number of anilines is 1. The number of rotatable bonds is 2. The lowest BCUT2D eigenvalue weighted by Crippen LogP contribution is -2.42. The first kappa shape index (κ1) is 14.1. The van der Waals surface area contributed by atoms with Crippen LogP contribution in [0.2, 0.25) is 0 Å². The summed E-state index contributed by atoms with van der Waals surface area (Å²) in [6, 6.07) is 7.40. The van der Waals surface area contributed by atoms with Crippen LogP contribution >= 0.6 is 22.6 Å². The van der Waals surface area contributed by atoms with Crippen molar-refractivity contribution in [1.82, 2.24) is 4.90 Å². The highest BCUT2D eigenvalue weighted by molar-refractivity contribution is 14.1. The zero-order valence-electron chi connectivity index (χ0n) is 10.3. The molecule has 2 N–H and O–H groups in total. The zero-order valence-corrected chi connectivity index (χ0v) is 12.5. The SMILES string of the molecule is O=C(O)C1CCN(C(=O)Nc2ccccc2I)CC1. The van der Waals surface area contributed by atoms with Crippen LogP contribution in [-0.2, 0) is 4.79 Å². The molecule has 1 aliphatic heterocycles. The van der Waals surface area contributed by atoms with Crippen molar-refractivity contribution in [3.63, 3.8) is 0 Å². The number of carbonyl (C=O) groups is 2. The molecule has 0 aromatic heterocycles. The molecule has 0 radical (unpaired) electrons. The van der Waals surface area contributed by atoms with Gasteiger partial charge in [0.2, 0.25) is 0 Å². The van der Waals surface area contributed by atoms with Crippen molar-refractivity contribution >= 4 is 40.3 Å². The van der Waals surface area contributed by atoms with Crippen molar-refractivity contribution in [3.8, 4) is 0 Å². The molecule has 6 heteroatoms. The Morgan fingerprint density at radius 1 is 1.26 bits per heavy atom. The second-order valence-electron chi connectivity index (χ2n) is 4.51. The molecule has 2 rings (SSSR count). The summed E-state index contributed by atoms with van der Waals surface area (Å²) < 4.78 is 0.980. The fourth-order valence-corrected chi connectivity index (χ4v) is 2.61. The Labute approximate surface area is 125 Å². The van der Waals surface area contributed by atoms with E-state index in [1.54, 1.807) is 4.90 Å². The van der Waals surface area contributed by atoms with E-state index in [0.29, 0.717) is 25.9 Å². The van der Waals surface area contributed by atoms with Crippen molar-refractivity contribution in [1.29, 1.82) is 0 Å². The second-order valence-corrected chi connectivity index (χ2v) is 5.67. The third-order valence-electron chi connectivity index (χ3n) is 3.25. The molecule has 0 saturated carbocycles. The van der Waals surface area contributed by atoms with E-state index in [0.717, 1.165) is 9.26 Å². The molecule has 0 spiro atoms. The molecule has 1 saturated heterocycles. The van der Waals surface area contributed by atoms with Crippen molar-refractivity contribution in [2.75, 3.05) is 18.4 Å². The van der Waals surface area contributed by atoms with E-state index in [2.05, 4.69) is 27.9 Å². The summed E-state index contributed by atoms with van der Waals surface area (Å²) in [5.41, 5.74) is 0.786. The molecule has 1 aliphatic rings. The van der Waals surface area contributed by atoms with Crippen molar-refractivity contribution in [3.05, 3.63) is 27.8 Å². The molecule has 5 nitrogen and oxygen atoms in total. The van der Waals surface area contributed by atoms with Gasteiger partial charge in [0.05, 0.1) is 11.6 Å². The van der Waals surface area contributed by atoms with Gasteiger partial charge in [-0.2, -0.15) is 0 Å². The molecule has 1 heterocycles. The Kier molecular flexibility index (Phi) is 4.62. The van der Waals surface area contributed by atoms with Crippen LogP contribution < -0.4 is 5.32 Å². The number of benzene rings is 1. The van der Waals surface area contributed by atoms with Gasteiger partial charge in [0.1, 0.15) is 0 Å². The molecule has 19 heavy (non-hydrogen) atoms. The van der Waals surface area contributed by atoms with Crippen LogP contribution in [0.15, 0.2) is 24.3 Å². The first-order valence-corrected chi connectivity index (χ1v) is 7.19. The Hall–Kier alpha value is -1.31. The highest BCUT2D eigenvalue weighted by Gasteiger charge is 2.27. The quantitative estimate of drug-likeness (QED) is 0.782. The molecular formula is C13H15IN2O3. The number of urea groups is 1. The number of nitrogens with zero attached hydrogens (tertiary/aromatic N) is 1. The normalized spacial score (nSPS) is 16.2. The predicted molar refractivity (Wildman–Crippen MR) is 80.1 cm³/mol. The summed E-state index contributed by atoms with van der Waals surface area (Å²) in [7, 11) is 0. The Bertz CT molecular complexity index is 485. The molecule has 1 aromatic rings. The van der Waals surface area contributed by atoms with E-state index in [-0.39, 0.29) is 11.9 Å². The number of carboxylic acids is 1. The van der Waals surface area contributed by atoms with Gasteiger partial charge in [-0.1, -0.05) is 12.1 Å². The standard InChI is InChI=1S/C13H15IN2O3/c14-10-3-1-2-4-11(10)15-13(19)16-7-5-9(6-8-16)12(17)18/h1-4,9H,5-8H2,(H,15,19)(H,17,18). The van der Waals surface area contributed by atoms with Gasteiger partial charge in [-0.15, -0.1) is 0 Å². The van der Waals surface area contributed by atoms with Gasteiger partial charge in [0.15, 0.2) is 0 Å². The maximum atomic E-state index is 12.1. The number of carboxylic acid groups (broad SMARTS) is 1. The number of likely N-dealkylation sites (tertiary alicyclic amines) is 1. The summed E-state index contributed by atoms with van der Waals surface area (Å²) in [5, 5.41) is 11.8. The fourth-order valence-electron chi connectivity index (χ4n) is 2.09. The van der Waals surface area contributed by atoms with E-state index < -0.39 is 5.97 Å². The summed E-state index contributed by atoms with van der Waals surface area (Å²) in [6.45, 7) is 0.985. The van der Waals surface area contributed by atoms with Crippen molar-refractivity contribution < 1.29 is 14.7 Å². The molecule has 102 valence electrons. The summed E-state index contributed by atoms with van der Waals surface area (Å²) in [5.74, 6) is -1.08. The van der Waals surface area contributed by atoms with Gasteiger partial charge in [-0.3, -0.25) is 4.79 Å². The maximum absolute atomic E-state index is 12.1. The van der Waals surface area contributed by atoms with Crippen LogP contribution in [0.5, 0.6) is 0 Å². The third-order valence-corrected chi connectivity index (χ3v) is 4.19. The van der Waals surface area contributed by atoms with Crippen LogP contribution in [-0.4, -0.2) is 35.1 Å². The van der Waals surface area contributed by atoms with E-state index in [1.807, 2.05) is 24.3 Å². The number of hydrogen-bond acceptors (Lipinski definition) is 2. The fraction of sp³-hybridized carbons (Fsp3) is 0.385. The first-order valence-electron chi connectivity index (χ1n) is 6.11. The summed E-state index contributed by atoms with van der Waals surface area (Å²) >= 11 is 2.17. The topological polar surface area (TPSA) is 69.6 Å². The molecule has 0 unspecified atom stereocenters. The van der Waals surface area contributed by atoms with Gasteiger partial charge in [0, 0.05) is 16.7 Å². The number of hydrogen-bond donors (Lipinski definition) is 2. The van der Waals surface area contributed by atoms with E-state index in [4.69, 9.17) is 5.11 Å². The second kappa shape index (κ2) is 6.23. The van der Waals surface area contributed by atoms with Crippen LogP contribution in [0.25, 0.3) is 0 Å². The molecule has 1 fully saturated rings. The van der Waals surface area contributed by atoms with Crippen LogP contribution in [0.4, 0.5) is 10.5 Å². The monoisotopic (exact) mass is 374 g/mol. The molecule has 0 bridgehead atoms. The highest BCUT2D eigenvalue weighted by atomic mass is 127. The minimum atomic E-state index is -0.766. The average Bonchev–Trinajstić information content (AvgIpc) is 2.41. The number of piperidine rings is 1. The van der Waals surface area contributed by atoms with Gasteiger partial charge in [0.25, 0.3) is 0 Å². The lowest BCUT2D eigenvalue weighted by molar-refractivity contribution is -0.143. The molecule has 2 amide bonds. The lowest BCUT2D eigenvalue weighted by atomic mass is 9.97. The number of para-hydroxylation sites is 1. The number of amides is 2. The van der Waals surface area contributed by atoms with Crippen LogP contribution in [0.3, 0.4) is 0 Å². The lowest BCUT2D eigenvalue weighted by Gasteiger charge is -2.30. The maximum Gasteiger partial charge on any atom is 0.321 e. The highest BCUT2D eigenvalue weighted by Crippen LogP contribution is 2.20. The van der Waals surface area contributed by atoms with Crippen molar-refractivity contribution in [2.24, 2.45) is 5.92 Å².